The molecule has 0 spiro atoms. The van der Waals surface area contributed by atoms with Crippen LogP contribution in [0.3, 0.4) is 0 Å². The van der Waals surface area contributed by atoms with Crippen molar-refractivity contribution < 1.29 is 14.4 Å². The molecule has 0 saturated heterocycles. The molecule has 2 rings (SSSR count). The quantitative estimate of drug-likeness (QED) is 0.262. The third-order valence-corrected chi connectivity index (χ3v) is 3.81. The summed E-state index contributed by atoms with van der Waals surface area (Å²) in [7, 11) is 3.85. The summed E-state index contributed by atoms with van der Waals surface area (Å²) in [5, 5.41) is 5.18. The SMILES string of the molecule is CC(=O)Nc1ccc(C(=O)N/C(=C\c2ccc(N(C)C)cc2)C(=O)NN)cc1. The van der Waals surface area contributed by atoms with Crippen molar-refractivity contribution in [2.45, 2.75) is 6.92 Å². The molecule has 8 nitrogen and oxygen atoms in total. The van der Waals surface area contributed by atoms with Gasteiger partial charge in [0.1, 0.15) is 5.70 Å². The number of hydrogen-bond acceptors (Lipinski definition) is 5. The number of carbonyl (C=O) groups is 3. The second kappa shape index (κ2) is 9.33. The van der Waals surface area contributed by atoms with Crippen molar-refractivity contribution in [1.82, 2.24) is 10.7 Å². The third-order valence-electron chi connectivity index (χ3n) is 3.81. The van der Waals surface area contributed by atoms with E-state index < -0.39 is 11.8 Å². The predicted molar refractivity (Wildman–Crippen MR) is 109 cm³/mol. The highest BCUT2D eigenvalue weighted by atomic mass is 16.2. The minimum absolute atomic E-state index is 0.0102. The van der Waals surface area contributed by atoms with Gasteiger partial charge in [0.15, 0.2) is 0 Å². The van der Waals surface area contributed by atoms with Crippen LogP contribution in [0, 0.1) is 0 Å². The number of nitrogens with one attached hydrogen (secondary N) is 3. The van der Waals surface area contributed by atoms with Crippen molar-refractivity contribution in [3.63, 3.8) is 0 Å². The fraction of sp³-hybridized carbons (Fsp3) is 0.150. The first-order valence-corrected chi connectivity index (χ1v) is 8.49. The van der Waals surface area contributed by atoms with Gasteiger partial charge in [-0.2, -0.15) is 0 Å². The van der Waals surface area contributed by atoms with Crippen LogP contribution in [-0.4, -0.2) is 31.8 Å². The molecule has 0 aliphatic heterocycles. The lowest BCUT2D eigenvalue weighted by atomic mass is 10.1. The van der Waals surface area contributed by atoms with E-state index in [0.29, 0.717) is 11.3 Å². The summed E-state index contributed by atoms with van der Waals surface area (Å²) in [6.45, 7) is 1.40. The summed E-state index contributed by atoms with van der Waals surface area (Å²) in [5.74, 6) is 3.92. The van der Waals surface area contributed by atoms with Gasteiger partial charge in [0, 0.05) is 38.0 Å². The monoisotopic (exact) mass is 381 g/mol. The number of nitrogens with zero attached hydrogens (tertiary/aromatic N) is 1. The van der Waals surface area contributed by atoms with Crippen molar-refractivity contribution in [2.75, 3.05) is 24.3 Å². The van der Waals surface area contributed by atoms with Crippen LogP contribution in [0.25, 0.3) is 6.08 Å². The second-order valence-electron chi connectivity index (χ2n) is 6.23. The fourth-order valence-electron chi connectivity index (χ4n) is 2.37. The van der Waals surface area contributed by atoms with Crippen molar-refractivity contribution >= 4 is 35.2 Å². The molecule has 2 aromatic carbocycles. The van der Waals surface area contributed by atoms with Crippen LogP contribution in [0.5, 0.6) is 0 Å². The molecule has 146 valence electrons. The number of rotatable bonds is 6. The molecule has 2 aromatic rings. The molecule has 8 heteroatoms. The summed E-state index contributed by atoms with van der Waals surface area (Å²) >= 11 is 0. The molecule has 3 amide bonds. The summed E-state index contributed by atoms with van der Waals surface area (Å²) in [6, 6.07) is 13.7. The molecule has 0 aliphatic rings. The van der Waals surface area contributed by atoms with Gasteiger partial charge in [0.2, 0.25) is 5.91 Å². The highest BCUT2D eigenvalue weighted by molar-refractivity contribution is 6.05. The molecule has 0 unspecified atom stereocenters. The Morgan fingerprint density at radius 1 is 0.964 bits per heavy atom. The maximum absolute atomic E-state index is 12.5. The molecular weight excluding hydrogens is 358 g/mol. The van der Waals surface area contributed by atoms with E-state index >= 15 is 0 Å². The molecule has 0 heterocycles. The van der Waals surface area contributed by atoms with Crippen molar-refractivity contribution in [3.8, 4) is 0 Å². The summed E-state index contributed by atoms with van der Waals surface area (Å²) in [4.78, 5) is 37.5. The van der Waals surface area contributed by atoms with E-state index in [9.17, 15) is 14.4 Å². The number of carbonyl (C=O) groups excluding carboxylic acids is 3. The Morgan fingerprint density at radius 3 is 2.07 bits per heavy atom. The van der Waals surface area contributed by atoms with Gasteiger partial charge in [0.25, 0.3) is 11.8 Å². The maximum Gasteiger partial charge on any atom is 0.281 e. The van der Waals surface area contributed by atoms with Crippen LogP contribution in [0.1, 0.15) is 22.8 Å². The normalized spacial score (nSPS) is 10.8. The van der Waals surface area contributed by atoms with E-state index in [2.05, 4.69) is 10.6 Å². The van der Waals surface area contributed by atoms with Crippen LogP contribution >= 0.6 is 0 Å². The molecule has 5 N–H and O–H groups in total. The first-order valence-electron chi connectivity index (χ1n) is 8.49. The van der Waals surface area contributed by atoms with Gasteiger partial charge in [-0.25, -0.2) is 5.84 Å². The summed E-state index contributed by atoms with van der Waals surface area (Å²) < 4.78 is 0. The molecule has 0 radical (unpaired) electrons. The average Bonchev–Trinajstić information content (AvgIpc) is 2.67. The Balaban J connectivity index is 2.20. The molecule has 0 aliphatic carbocycles. The lowest BCUT2D eigenvalue weighted by molar-refractivity contribution is -0.117. The Labute approximate surface area is 163 Å². The number of amides is 3. The van der Waals surface area contributed by atoms with Gasteiger partial charge in [-0.15, -0.1) is 0 Å². The summed E-state index contributed by atoms with van der Waals surface area (Å²) in [6.07, 6.45) is 1.53. The zero-order chi connectivity index (χ0) is 20.7. The van der Waals surface area contributed by atoms with Gasteiger partial charge in [0.05, 0.1) is 0 Å². The predicted octanol–water partition coefficient (Wildman–Crippen LogP) is 1.47. The molecule has 0 atom stereocenters. The van der Waals surface area contributed by atoms with Gasteiger partial charge in [-0.3, -0.25) is 19.8 Å². The largest absolute Gasteiger partial charge is 0.378 e. The Kier molecular flexibility index (Phi) is 6.89. The zero-order valence-corrected chi connectivity index (χ0v) is 15.9. The van der Waals surface area contributed by atoms with Crippen LogP contribution in [0.2, 0.25) is 0 Å². The minimum Gasteiger partial charge on any atom is -0.378 e. The van der Waals surface area contributed by atoms with E-state index in [-0.39, 0.29) is 11.6 Å². The lowest BCUT2D eigenvalue weighted by Gasteiger charge is -2.13. The number of anilines is 2. The maximum atomic E-state index is 12.5. The Hall–Kier alpha value is -3.65. The van der Waals surface area contributed by atoms with E-state index in [1.54, 1.807) is 24.3 Å². The first-order chi connectivity index (χ1) is 13.3. The molecule has 0 aromatic heterocycles. The Morgan fingerprint density at radius 2 is 1.57 bits per heavy atom. The smallest absolute Gasteiger partial charge is 0.281 e. The van der Waals surface area contributed by atoms with E-state index in [0.717, 1.165) is 11.3 Å². The summed E-state index contributed by atoms with van der Waals surface area (Å²) in [5.41, 5.74) is 4.66. The number of nitrogens with two attached hydrogens (primary N) is 1. The van der Waals surface area contributed by atoms with Crippen molar-refractivity contribution in [2.24, 2.45) is 5.84 Å². The number of benzene rings is 2. The standard InChI is InChI=1S/C20H23N5O3/c1-13(26)22-16-8-6-15(7-9-16)19(27)23-18(20(28)24-21)12-14-4-10-17(11-5-14)25(2)3/h4-12H,21H2,1-3H3,(H,22,26)(H,23,27)(H,24,28)/b18-12-. The zero-order valence-electron chi connectivity index (χ0n) is 15.9. The Bertz CT molecular complexity index is 887. The molecule has 0 fully saturated rings. The molecule has 28 heavy (non-hydrogen) atoms. The number of hydrazine groups is 1. The van der Waals surface area contributed by atoms with E-state index in [4.69, 9.17) is 5.84 Å². The molecule has 0 saturated carbocycles. The average molecular weight is 381 g/mol. The van der Waals surface area contributed by atoms with Gasteiger partial charge in [-0.05, 0) is 48.0 Å². The van der Waals surface area contributed by atoms with Gasteiger partial charge in [-0.1, -0.05) is 12.1 Å². The highest BCUT2D eigenvalue weighted by Crippen LogP contribution is 2.15. The minimum atomic E-state index is -0.625. The first kappa shape index (κ1) is 20.7. The molecule has 0 bridgehead atoms. The van der Waals surface area contributed by atoms with Gasteiger partial charge < -0.3 is 15.5 Å². The fourth-order valence-corrected chi connectivity index (χ4v) is 2.37. The van der Waals surface area contributed by atoms with Gasteiger partial charge >= 0.3 is 0 Å². The molecular formula is C20H23N5O3. The topological polar surface area (TPSA) is 117 Å². The van der Waals surface area contributed by atoms with E-state index in [1.807, 2.05) is 48.7 Å². The van der Waals surface area contributed by atoms with Crippen LogP contribution < -0.4 is 26.8 Å². The lowest BCUT2D eigenvalue weighted by Crippen LogP contribution is -2.38. The number of hydrogen-bond donors (Lipinski definition) is 4. The van der Waals surface area contributed by atoms with Crippen LogP contribution in [-0.2, 0) is 9.59 Å². The third kappa shape index (κ3) is 5.68. The van der Waals surface area contributed by atoms with Crippen LogP contribution in [0.4, 0.5) is 11.4 Å². The van der Waals surface area contributed by atoms with Crippen molar-refractivity contribution in [1.29, 1.82) is 0 Å². The van der Waals surface area contributed by atoms with Crippen LogP contribution in [0.15, 0.2) is 54.2 Å². The van der Waals surface area contributed by atoms with E-state index in [1.165, 1.54) is 13.0 Å². The van der Waals surface area contributed by atoms with Crippen molar-refractivity contribution in [3.05, 3.63) is 65.4 Å². The second-order valence-corrected chi connectivity index (χ2v) is 6.23. The highest BCUT2D eigenvalue weighted by Gasteiger charge is 2.14.